The number of carbonyl (C=O) groups is 1. The molecular formula is C21H31NO2. The van der Waals surface area contributed by atoms with Crippen LogP contribution in [0.15, 0.2) is 30.3 Å². The SMILES string of the molecule is CC(C)CC(CN1C(C(=O)O)CC2CCCCC21)c1ccccc1. The number of carboxylic acids is 1. The molecule has 3 rings (SSSR count). The van der Waals surface area contributed by atoms with E-state index in [-0.39, 0.29) is 6.04 Å². The standard InChI is InChI=1S/C21H31NO2/c1-15(2)12-18(16-8-4-3-5-9-16)14-22-19-11-7-6-10-17(19)13-20(22)21(23)24/h3-5,8-9,15,17-20H,6-7,10-14H2,1-2H3,(H,23,24). The molecule has 4 atom stereocenters. The van der Waals surface area contributed by atoms with E-state index >= 15 is 0 Å². The summed E-state index contributed by atoms with van der Waals surface area (Å²) in [7, 11) is 0. The molecule has 0 radical (unpaired) electrons. The van der Waals surface area contributed by atoms with Crippen molar-refractivity contribution in [1.29, 1.82) is 0 Å². The van der Waals surface area contributed by atoms with E-state index in [4.69, 9.17) is 0 Å². The highest BCUT2D eigenvalue weighted by Gasteiger charge is 2.45. The lowest BCUT2D eigenvalue weighted by atomic mass is 9.84. The molecule has 1 aliphatic heterocycles. The van der Waals surface area contributed by atoms with Gasteiger partial charge in [-0.05, 0) is 49.0 Å². The number of hydrogen-bond donors (Lipinski definition) is 1. The Morgan fingerprint density at radius 3 is 2.58 bits per heavy atom. The van der Waals surface area contributed by atoms with E-state index in [1.165, 1.54) is 31.2 Å². The summed E-state index contributed by atoms with van der Waals surface area (Å²) < 4.78 is 0. The van der Waals surface area contributed by atoms with Crippen LogP contribution in [0.4, 0.5) is 0 Å². The largest absolute Gasteiger partial charge is 0.480 e. The Bertz CT molecular complexity index is 542. The van der Waals surface area contributed by atoms with Gasteiger partial charge in [-0.25, -0.2) is 0 Å². The van der Waals surface area contributed by atoms with Gasteiger partial charge in [0.25, 0.3) is 0 Å². The highest BCUT2D eigenvalue weighted by atomic mass is 16.4. The summed E-state index contributed by atoms with van der Waals surface area (Å²) >= 11 is 0. The van der Waals surface area contributed by atoms with Crippen molar-refractivity contribution in [3.63, 3.8) is 0 Å². The van der Waals surface area contributed by atoms with Crippen LogP contribution in [0.5, 0.6) is 0 Å². The fraction of sp³-hybridized carbons (Fsp3) is 0.667. The number of aliphatic carboxylic acids is 1. The van der Waals surface area contributed by atoms with Crippen LogP contribution in [-0.4, -0.2) is 34.6 Å². The molecule has 0 bridgehead atoms. The van der Waals surface area contributed by atoms with Gasteiger partial charge >= 0.3 is 5.97 Å². The van der Waals surface area contributed by atoms with Gasteiger partial charge in [0.15, 0.2) is 0 Å². The molecule has 0 amide bonds. The molecule has 1 aromatic rings. The molecule has 0 spiro atoms. The van der Waals surface area contributed by atoms with Crippen LogP contribution in [0.2, 0.25) is 0 Å². The summed E-state index contributed by atoms with van der Waals surface area (Å²) in [5.41, 5.74) is 1.36. The van der Waals surface area contributed by atoms with Crippen molar-refractivity contribution >= 4 is 5.97 Å². The molecule has 2 aliphatic rings. The zero-order chi connectivity index (χ0) is 17.1. The van der Waals surface area contributed by atoms with Gasteiger partial charge in [-0.15, -0.1) is 0 Å². The molecule has 1 aliphatic carbocycles. The summed E-state index contributed by atoms with van der Waals surface area (Å²) in [4.78, 5) is 14.2. The number of rotatable bonds is 6. The fourth-order valence-corrected chi connectivity index (χ4v) is 4.92. The minimum atomic E-state index is -0.624. The molecule has 132 valence electrons. The second kappa shape index (κ2) is 7.69. The van der Waals surface area contributed by atoms with E-state index in [0.29, 0.717) is 23.8 Å². The number of carboxylic acid groups (broad SMARTS) is 1. The van der Waals surface area contributed by atoms with Gasteiger partial charge in [-0.1, -0.05) is 57.0 Å². The average Bonchev–Trinajstić information content (AvgIpc) is 2.94. The molecule has 0 aromatic heterocycles. The number of nitrogens with zero attached hydrogens (tertiary/aromatic N) is 1. The van der Waals surface area contributed by atoms with Crippen LogP contribution in [0.1, 0.15) is 63.9 Å². The number of benzene rings is 1. The van der Waals surface area contributed by atoms with Crippen LogP contribution >= 0.6 is 0 Å². The maximum Gasteiger partial charge on any atom is 0.320 e. The van der Waals surface area contributed by atoms with Crippen molar-refractivity contribution in [2.24, 2.45) is 11.8 Å². The van der Waals surface area contributed by atoms with E-state index in [0.717, 1.165) is 19.4 Å². The highest BCUT2D eigenvalue weighted by Crippen LogP contribution is 2.41. The van der Waals surface area contributed by atoms with Crippen LogP contribution in [0.25, 0.3) is 0 Å². The number of fused-ring (bicyclic) bond motifs is 1. The fourth-order valence-electron chi connectivity index (χ4n) is 4.92. The van der Waals surface area contributed by atoms with Gasteiger partial charge in [0.2, 0.25) is 0 Å². The lowest BCUT2D eigenvalue weighted by Crippen LogP contribution is -2.44. The number of hydrogen-bond acceptors (Lipinski definition) is 2. The van der Waals surface area contributed by atoms with E-state index in [9.17, 15) is 9.90 Å². The average molecular weight is 329 g/mol. The third-order valence-corrected chi connectivity index (χ3v) is 5.96. The van der Waals surface area contributed by atoms with Gasteiger partial charge < -0.3 is 5.11 Å². The summed E-state index contributed by atoms with van der Waals surface area (Å²) in [5.74, 6) is 1.01. The first-order valence-electron chi connectivity index (χ1n) is 9.59. The maximum absolute atomic E-state index is 11.9. The van der Waals surface area contributed by atoms with Crippen LogP contribution < -0.4 is 0 Å². The van der Waals surface area contributed by atoms with Crippen molar-refractivity contribution in [2.45, 2.75) is 70.4 Å². The smallest absolute Gasteiger partial charge is 0.320 e. The van der Waals surface area contributed by atoms with Crippen molar-refractivity contribution in [1.82, 2.24) is 4.90 Å². The summed E-state index contributed by atoms with van der Waals surface area (Å²) in [5, 5.41) is 9.75. The molecule has 2 fully saturated rings. The lowest BCUT2D eigenvalue weighted by molar-refractivity contribution is -0.142. The van der Waals surface area contributed by atoms with Gasteiger partial charge in [0.1, 0.15) is 6.04 Å². The number of likely N-dealkylation sites (tertiary alicyclic amines) is 1. The summed E-state index contributed by atoms with van der Waals surface area (Å²) in [6.07, 6.45) is 6.88. The first kappa shape index (κ1) is 17.5. The third-order valence-electron chi connectivity index (χ3n) is 5.96. The second-order valence-corrected chi connectivity index (χ2v) is 8.14. The Labute approximate surface area is 146 Å². The molecule has 1 aromatic carbocycles. The van der Waals surface area contributed by atoms with Crippen LogP contribution in [0, 0.1) is 11.8 Å². The van der Waals surface area contributed by atoms with Crippen LogP contribution in [0.3, 0.4) is 0 Å². The lowest BCUT2D eigenvalue weighted by Gasteiger charge is -2.36. The third kappa shape index (κ3) is 3.83. The van der Waals surface area contributed by atoms with Crippen molar-refractivity contribution < 1.29 is 9.90 Å². The quantitative estimate of drug-likeness (QED) is 0.833. The van der Waals surface area contributed by atoms with E-state index in [1.54, 1.807) is 0 Å². The molecule has 24 heavy (non-hydrogen) atoms. The zero-order valence-electron chi connectivity index (χ0n) is 15.0. The van der Waals surface area contributed by atoms with E-state index in [2.05, 4.69) is 49.1 Å². The van der Waals surface area contributed by atoms with E-state index < -0.39 is 5.97 Å². The predicted molar refractivity (Wildman–Crippen MR) is 97.1 cm³/mol. The summed E-state index contributed by atoms with van der Waals surface area (Å²) in [6, 6.07) is 10.9. The second-order valence-electron chi connectivity index (χ2n) is 8.14. The van der Waals surface area contributed by atoms with Crippen LogP contribution in [-0.2, 0) is 4.79 Å². The Kier molecular flexibility index (Phi) is 5.60. The van der Waals surface area contributed by atoms with Crippen molar-refractivity contribution in [3.05, 3.63) is 35.9 Å². The highest BCUT2D eigenvalue weighted by molar-refractivity contribution is 5.74. The van der Waals surface area contributed by atoms with E-state index in [1.807, 2.05) is 0 Å². The molecule has 3 heteroatoms. The molecule has 4 unspecified atom stereocenters. The van der Waals surface area contributed by atoms with Gasteiger partial charge in [0.05, 0.1) is 0 Å². The Morgan fingerprint density at radius 1 is 1.21 bits per heavy atom. The zero-order valence-corrected chi connectivity index (χ0v) is 15.0. The Morgan fingerprint density at radius 2 is 1.92 bits per heavy atom. The van der Waals surface area contributed by atoms with Crippen molar-refractivity contribution in [3.8, 4) is 0 Å². The topological polar surface area (TPSA) is 40.5 Å². The molecule has 3 nitrogen and oxygen atoms in total. The Hall–Kier alpha value is -1.35. The predicted octanol–water partition coefficient (Wildman–Crippen LogP) is 4.53. The normalized spacial score (nSPS) is 28.7. The van der Waals surface area contributed by atoms with Crippen molar-refractivity contribution in [2.75, 3.05) is 6.54 Å². The van der Waals surface area contributed by atoms with Gasteiger partial charge in [-0.2, -0.15) is 0 Å². The minimum absolute atomic E-state index is 0.281. The molecular weight excluding hydrogens is 298 g/mol. The first-order chi connectivity index (χ1) is 11.6. The Balaban J connectivity index is 1.82. The van der Waals surface area contributed by atoms with Gasteiger partial charge in [-0.3, -0.25) is 9.69 Å². The molecule has 1 N–H and O–H groups in total. The first-order valence-corrected chi connectivity index (χ1v) is 9.59. The van der Waals surface area contributed by atoms with Gasteiger partial charge in [0, 0.05) is 12.6 Å². The molecule has 1 saturated heterocycles. The summed E-state index contributed by atoms with van der Waals surface area (Å²) in [6.45, 7) is 5.41. The monoisotopic (exact) mass is 329 g/mol. The minimum Gasteiger partial charge on any atom is -0.480 e. The maximum atomic E-state index is 11.9. The molecule has 1 saturated carbocycles. The molecule has 1 heterocycles.